The highest BCUT2D eigenvalue weighted by atomic mass is 35.5. The van der Waals surface area contributed by atoms with Crippen molar-refractivity contribution < 1.29 is 4.79 Å². The van der Waals surface area contributed by atoms with Gasteiger partial charge in [-0.1, -0.05) is 23.7 Å². The molecule has 23 heavy (non-hydrogen) atoms. The molecule has 3 aromatic rings. The Labute approximate surface area is 136 Å². The maximum atomic E-state index is 12.5. The summed E-state index contributed by atoms with van der Waals surface area (Å²) in [6.07, 6.45) is 0. The molecule has 2 N–H and O–H groups in total. The fourth-order valence-corrected chi connectivity index (χ4v) is 2.81. The van der Waals surface area contributed by atoms with E-state index in [1.807, 2.05) is 25.1 Å². The Morgan fingerprint density at radius 3 is 2.61 bits per heavy atom. The van der Waals surface area contributed by atoms with Crippen LogP contribution < -0.4 is 11.3 Å². The third-order valence-electron chi connectivity index (χ3n) is 3.57. The third kappa shape index (κ3) is 2.49. The smallest absolute Gasteiger partial charge is 0.295 e. The second-order valence-corrected chi connectivity index (χ2v) is 5.59. The van der Waals surface area contributed by atoms with Crippen molar-refractivity contribution in [2.24, 2.45) is 5.73 Å². The molecule has 1 amide bonds. The third-order valence-corrected chi connectivity index (χ3v) is 3.89. The Hall–Kier alpha value is -2.67. The molecule has 1 aromatic carbocycles. The predicted octanol–water partition coefficient (Wildman–Crippen LogP) is 1.34. The summed E-state index contributed by atoms with van der Waals surface area (Å²) >= 11 is 6.22. The van der Waals surface area contributed by atoms with Gasteiger partial charge in [0.15, 0.2) is 5.52 Å². The van der Waals surface area contributed by atoms with Crippen molar-refractivity contribution in [1.82, 2.24) is 19.6 Å². The number of hydrogen-bond acceptors (Lipinski definition) is 4. The fourth-order valence-electron chi connectivity index (χ4n) is 2.60. The lowest BCUT2D eigenvalue weighted by atomic mass is 10.2. The van der Waals surface area contributed by atoms with Gasteiger partial charge in [0, 0.05) is 0 Å². The van der Waals surface area contributed by atoms with Crippen LogP contribution in [0.2, 0.25) is 5.02 Å². The Morgan fingerprint density at radius 1 is 1.26 bits per heavy atom. The summed E-state index contributed by atoms with van der Waals surface area (Å²) in [6, 6.07) is 7.21. The maximum Gasteiger partial charge on any atom is 0.295 e. The molecule has 8 heteroatoms. The summed E-state index contributed by atoms with van der Waals surface area (Å²) in [5.41, 5.74) is 6.94. The molecule has 0 spiro atoms. The van der Waals surface area contributed by atoms with Crippen LogP contribution in [-0.2, 0) is 11.3 Å². The van der Waals surface area contributed by atoms with Crippen LogP contribution in [0.3, 0.4) is 0 Å². The lowest BCUT2D eigenvalue weighted by molar-refractivity contribution is -0.118. The van der Waals surface area contributed by atoms with Crippen LogP contribution >= 0.6 is 11.6 Å². The Balaban J connectivity index is 2.33. The molecular weight excluding hydrogens is 318 g/mol. The van der Waals surface area contributed by atoms with Gasteiger partial charge in [0.25, 0.3) is 5.56 Å². The Morgan fingerprint density at radius 2 is 1.96 bits per heavy atom. The molecule has 3 rings (SSSR count). The second kappa shape index (κ2) is 5.51. The van der Waals surface area contributed by atoms with Gasteiger partial charge in [-0.3, -0.25) is 9.59 Å². The van der Waals surface area contributed by atoms with Crippen molar-refractivity contribution in [3.05, 3.63) is 51.0 Å². The van der Waals surface area contributed by atoms with Crippen molar-refractivity contribution in [3.8, 4) is 5.69 Å². The van der Waals surface area contributed by atoms with Gasteiger partial charge < -0.3 is 5.73 Å². The van der Waals surface area contributed by atoms with Crippen molar-refractivity contribution in [3.63, 3.8) is 0 Å². The van der Waals surface area contributed by atoms with Gasteiger partial charge in [-0.05, 0) is 26.0 Å². The standard InChI is InChI=1S/C15H14ClN5O2/c1-8-13-9(2)21(11-6-4-3-5-10(11)16)19-14(13)15(23)20(18-8)7-12(17)22/h3-6H,7H2,1-2H3,(H2,17,22). The molecule has 0 aliphatic rings. The number of para-hydroxylation sites is 1. The van der Waals surface area contributed by atoms with Crippen molar-refractivity contribution in [2.75, 3.05) is 0 Å². The zero-order chi connectivity index (χ0) is 16.7. The number of benzene rings is 1. The molecule has 0 saturated heterocycles. The van der Waals surface area contributed by atoms with E-state index in [9.17, 15) is 9.59 Å². The summed E-state index contributed by atoms with van der Waals surface area (Å²) in [5.74, 6) is -0.638. The summed E-state index contributed by atoms with van der Waals surface area (Å²) in [6.45, 7) is 3.31. The van der Waals surface area contributed by atoms with Gasteiger partial charge in [0.1, 0.15) is 6.54 Å². The highest BCUT2D eigenvalue weighted by Crippen LogP contribution is 2.25. The van der Waals surface area contributed by atoms with E-state index in [2.05, 4.69) is 10.2 Å². The topological polar surface area (TPSA) is 95.8 Å². The van der Waals surface area contributed by atoms with E-state index in [1.54, 1.807) is 17.7 Å². The number of primary amides is 1. The predicted molar refractivity (Wildman–Crippen MR) is 86.8 cm³/mol. The van der Waals surface area contributed by atoms with Gasteiger partial charge >= 0.3 is 0 Å². The monoisotopic (exact) mass is 331 g/mol. The molecule has 0 radical (unpaired) electrons. The van der Waals surface area contributed by atoms with E-state index in [1.165, 1.54) is 0 Å². The molecule has 0 aliphatic heterocycles. The summed E-state index contributed by atoms with van der Waals surface area (Å²) in [7, 11) is 0. The quantitative estimate of drug-likeness (QED) is 0.783. The van der Waals surface area contributed by atoms with E-state index in [0.29, 0.717) is 21.8 Å². The number of nitrogens with zero attached hydrogens (tertiary/aromatic N) is 4. The summed E-state index contributed by atoms with van der Waals surface area (Å²) < 4.78 is 2.64. The number of aryl methyl sites for hydroxylation is 2. The minimum absolute atomic E-state index is 0.233. The van der Waals surface area contributed by atoms with Gasteiger partial charge in [-0.25, -0.2) is 9.36 Å². The first-order valence-corrected chi connectivity index (χ1v) is 7.28. The molecule has 7 nitrogen and oxygen atoms in total. The average Bonchev–Trinajstić information content (AvgIpc) is 2.83. The fraction of sp³-hybridized carbons (Fsp3) is 0.200. The number of carbonyl (C=O) groups is 1. The Bertz CT molecular complexity index is 989. The van der Waals surface area contributed by atoms with Crippen LogP contribution in [0, 0.1) is 13.8 Å². The van der Waals surface area contributed by atoms with Gasteiger partial charge in [0.2, 0.25) is 5.91 Å². The molecule has 0 aliphatic carbocycles. The minimum Gasteiger partial charge on any atom is -0.368 e. The van der Waals surface area contributed by atoms with Crippen LogP contribution in [0.25, 0.3) is 16.6 Å². The number of rotatable bonds is 3. The molecule has 0 saturated carbocycles. The van der Waals surface area contributed by atoms with E-state index >= 15 is 0 Å². The lowest BCUT2D eigenvalue weighted by Gasteiger charge is -2.06. The maximum absolute atomic E-state index is 12.5. The van der Waals surface area contributed by atoms with E-state index in [0.717, 1.165) is 10.4 Å². The van der Waals surface area contributed by atoms with Gasteiger partial charge in [-0.2, -0.15) is 10.2 Å². The van der Waals surface area contributed by atoms with Gasteiger partial charge in [-0.15, -0.1) is 0 Å². The summed E-state index contributed by atoms with van der Waals surface area (Å²) in [5, 5.41) is 9.70. The van der Waals surface area contributed by atoms with Crippen LogP contribution in [0.15, 0.2) is 29.1 Å². The molecule has 2 aromatic heterocycles. The van der Waals surface area contributed by atoms with Crippen molar-refractivity contribution >= 4 is 28.4 Å². The van der Waals surface area contributed by atoms with Crippen molar-refractivity contribution in [1.29, 1.82) is 0 Å². The van der Waals surface area contributed by atoms with E-state index < -0.39 is 11.5 Å². The Kier molecular flexibility index (Phi) is 3.65. The molecule has 2 heterocycles. The molecule has 0 bridgehead atoms. The van der Waals surface area contributed by atoms with E-state index in [4.69, 9.17) is 17.3 Å². The number of hydrogen-bond donors (Lipinski definition) is 1. The van der Waals surface area contributed by atoms with Gasteiger partial charge in [0.05, 0.1) is 27.5 Å². The van der Waals surface area contributed by atoms with Crippen LogP contribution in [0.4, 0.5) is 0 Å². The second-order valence-electron chi connectivity index (χ2n) is 5.19. The number of carbonyl (C=O) groups excluding carboxylic acids is 1. The number of aromatic nitrogens is 4. The summed E-state index contributed by atoms with van der Waals surface area (Å²) in [4.78, 5) is 23.6. The van der Waals surface area contributed by atoms with Crippen LogP contribution in [0.1, 0.15) is 11.4 Å². The molecule has 0 atom stereocenters. The van der Waals surface area contributed by atoms with Crippen molar-refractivity contribution in [2.45, 2.75) is 20.4 Å². The number of amides is 1. The van der Waals surface area contributed by atoms with E-state index in [-0.39, 0.29) is 12.1 Å². The first-order chi connectivity index (χ1) is 10.9. The molecule has 118 valence electrons. The number of fused-ring (bicyclic) bond motifs is 1. The largest absolute Gasteiger partial charge is 0.368 e. The van der Waals surface area contributed by atoms with Crippen LogP contribution in [-0.4, -0.2) is 25.5 Å². The lowest BCUT2D eigenvalue weighted by Crippen LogP contribution is -2.30. The normalized spacial score (nSPS) is 11.1. The van der Waals surface area contributed by atoms with Crippen LogP contribution in [0.5, 0.6) is 0 Å². The molecule has 0 unspecified atom stereocenters. The zero-order valence-electron chi connectivity index (χ0n) is 12.6. The highest BCUT2D eigenvalue weighted by molar-refractivity contribution is 6.32. The SMILES string of the molecule is Cc1nn(CC(N)=O)c(=O)c2nn(-c3ccccc3Cl)c(C)c12. The average molecular weight is 332 g/mol. The zero-order valence-corrected chi connectivity index (χ0v) is 13.3. The molecule has 0 fully saturated rings. The molecular formula is C15H14ClN5O2. The number of nitrogens with two attached hydrogens (primary N) is 1. The minimum atomic E-state index is -0.638. The first kappa shape index (κ1) is 15.2. The first-order valence-electron chi connectivity index (χ1n) is 6.90. The number of halogens is 1. The highest BCUT2D eigenvalue weighted by Gasteiger charge is 2.18.